The Morgan fingerprint density at radius 3 is 2.57 bits per heavy atom. The highest BCUT2D eigenvalue weighted by Crippen LogP contribution is 2.44. The van der Waals surface area contributed by atoms with E-state index in [1.54, 1.807) is 25.1 Å². The average Bonchev–Trinajstić information content (AvgIpc) is 3.08. The van der Waals surface area contributed by atoms with Gasteiger partial charge in [-0.1, -0.05) is 12.5 Å². The van der Waals surface area contributed by atoms with E-state index in [2.05, 4.69) is 5.32 Å². The molecule has 0 heterocycles. The number of nitrogens with one attached hydrogen (secondary N) is 1. The number of carbonyl (C=O) groups excluding carboxylic acids is 1. The number of amides is 1. The van der Waals surface area contributed by atoms with Gasteiger partial charge in [-0.15, -0.1) is 0 Å². The van der Waals surface area contributed by atoms with Crippen LogP contribution in [0.3, 0.4) is 0 Å². The van der Waals surface area contributed by atoms with Crippen molar-refractivity contribution in [3.8, 4) is 0 Å². The molecule has 1 amide bonds. The Balaban J connectivity index is 1.81. The van der Waals surface area contributed by atoms with Gasteiger partial charge in [0.25, 0.3) is 5.91 Å². The summed E-state index contributed by atoms with van der Waals surface area (Å²) in [6, 6.07) is 5.50. The molecule has 0 saturated heterocycles. The Morgan fingerprint density at radius 2 is 2.00 bits per heavy atom. The maximum Gasteiger partial charge on any atom is 0.251 e. The number of fused-ring (bicyclic) bond motifs is 2. The van der Waals surface area contributed by atoms with Gasteiger partial charge in [0.05, 0.1) is 11.9 Å². The predicted octanol–water partition coefficient (Wildman–Crippen LogP) is 2.31. The Hall–Kier alpha value is -1.56. The molecule has 2 fully saturated rings. The molecule has 5 nitrogen and oxygen atoms in total. The molecule has 6 heteroatoms. The summed E-state index contributed by atoms with van der Waals surface area (Å²) in [4.78, 5) is 12.6. The number of carbonyl (C=O) groups is 1. The normalized spacial score (nSPS) is 26.3. The minimum Gasteiger partial charge on any atom is -0.349 e. The first-order chi connectivity index (χ1) is 10.8. The van der Waals surface area contributed by atoms with Crippen molar-refractivity contribution in [1.82, 2.24) is 5.32 Å². The van der Waals surface area contributed by atoms with Gasteiger partial charge in [0.15, 0.2) is 0 Å². The van der Waals surface area contributed by atoms with E-state index in [0.717, 1.165) is 18.6 Å². The van der Waals surface area contributed by atoms with E-state index >= 15 is 0 Å². The lowest BCUT2D eigenvalue weighted by Gasteiger charge is -2.24. The molecule has 0 radical (unpaired) electrons. The molecule has 0 spiro atoms. The molecule has 1 aromatic rings. The standard InChI is InChI=1S/C17H24N2O3S/c1-11-14(5-4-6-16(11)19(2)23(3,21)22)17(20)18-15-10-12-7-8-13(15)9-12/h4-6,12-13,15H,7-10H2,1-3H3,(H,18,20)/t12-,13-,15-/m1/s1. The number of nitrogens with zero attached hydrogens (tertiary/aromatic N) is 1. The van der Waals surface area contributed by atoms with Crippen molar-refractivity contribution in [2.75, 3.05) is 17.6 Å². The first kappa shape index (κ1) is 16.3. The number of hydrogen-bond donors (Lipinski definition) is 1. The Kier molecular flexibility index (Phi) is 4.12. The first-order valence-electron chi connectivity index (χ1n) is 8.11. The molecule has 2 aliphatic carbocycles. The zero-order valence-corrected chi connectivity index (χ0v) is 14.7. The molecule has 0 aromatic heterocycles. The highest BCUT2D eigenvalue weighted by Gasteiger charge is 2.40. The van der Waals surface area contributed by atoms with E-state index in [4.69, 9.17) is 0 Å². The molecule has 2 aliphatic rings. The lowest BCUT2D eigenvalue weighted by atomic mass is 9.95. The minimum absolute atomic E-state index is 0.0937. The second kappa shape index (κ2) is 5.82. The van der Waals surface area contributed by atoms with Gasteiger partial charge in [-0.25, -0.2) is 8.42 Å². The predicted molar refractivity (Wildman–Crippen MR) is 91.1 cm³/mol. The molecule has 3 rings (SSSR count). The van der Waals surface area contributed by atoms with E-state index < -0.39 is 10.0 Å². The molecule has 126 valence electrons. The third-order valence-electron chi connectivity index (χ3n) is 5.44. The minimum atomic E-state index is -3.35. The second-order valence-electron chi connectivity index (χ2n) is 6.94. The van der Waals surface area contributed by atoms with Crippen molar-refractivity contribution < 1.29 is 13.2 Å². The van der Waals surface area contributed by atoms with Crippen LogP contribution in [-0.4, -0.2) is 33.7 Å². The SMILES string of the molecule is Cc1c(C(=O)N[C@@H]2C[C@@H]3CC[C@@H]2C3)cccc1N(C)S(C)(=O)=O. The fraction of sp³-hybridized carbons (Fsp3) is 0.588. The molecular weight excluding hydrogens is 312 g/mol. The summed E-state index contributed by atoms with van der Waals surface area (Å²) in [5.41, 5.74) is 1.80. The van der Waals surface area contributed by atoms with Crippen LogP contribution in [0.25, 0.3) is 0 Å². The molecule has 1 N–H and O–H groups in total. The summed E-state index contributed by atoms with van der Waals surface area (Å²) in [6.45, 7) is 1.80. The fourth-order valence-corrected chi connectivity index (χ4v) is 4.61. The van der Waals surface area contributed by atoms with Crippen molar-refractivity contribution in [2.24, 2.45) is 11.8 Å². The molecule has 2 bridgehead atoms. The van der Waals surface area contributed by atoms with Crippen LogP contribution in [0.4, 0.5) is 5.69 Å². The van der Waals surface area contributed by atoms with Gasteiger partial charge >= 0.3 is 0 Å². The zero-order chi connectivity index (χ0) is 16.8. The highest BCUT2D eigenvalue weighted by atomic mass is 32.2. The van der Waals surface area contributed by atoms with Crippen molar-refractivity contribution >= 4 is 21.6 Å². The first-order valence-corrected chi connectivity index (χ1v) is 9.96. The average molecular weight is 336 g/mol. The van der Waals surface area contributed by atoms with Gasteiger partial charge in [-0.2, -0.15) is 0 Å². The summed E-state index contributed by atoms with van der Waals surface area (Å²) in [5.74, 6) is 1.30. The number of hydrogen-bond acceptors (Lipinski definition) is 3. The molecular formula is C17H24N2O3S. The number of sulfonamides is 1. The van der Waals surface area contributed by atoms with Gasteiger partial charge in [-0.05, 0) is 55.7 Å². The van der Waals surface area contributed by atoms with Crippen LogP contribution in [0, 0.1) is 18.8 Å². The fourth-order valence-electron chi connectivity index (χ4n) is 4.06. The molecule has 2 saturated carbocycles. The van der Waals surface area contributed by atoms with E-state index in [0.29, 0.717) is 22.7 Å². The summed E-state index contributed by atoms with van der Waals surface area (Å²) in [7, 11) is -1.84. The third kappa shape index (κ3) is 3.09. The number of rotatable bonds is 4. The second-order valence-corrected chi connectivity index (χ2v) is 8.95. The smallest absolute Gasteiger partial charge is 0.251 e. The number of benzene rings is 1. The molecule has 23 heavy (non-hydrogen) atoms. The van der Waals surface area contributed by atoms with Crippen LogP contribution >= 0.6 is 0 Å². The maximum absolute atomic E-state index is 12.6. The van der Waals surface area contributed by atoms with Crippen LogP contribution in [0.2, 0.25) is 0 Å². The summed E-state index contributed by atoms with van der Waals surface area (Å²) < 4.78 is 24.7. The van der Waals surface area contributed by atoms with Gasteiger partial charge in [0.1, 0.15) is 0 Å². The van der Waals surface area contributed by atoms with E-state index in [1.165, 1.54) is 30.6 Å². The van der Waals surface area contributed by atoms with E-state index in [-0.39, 0.29) is 11.9 Å². The summed E-state index contributed by atoms with van der Waals surface area (Å²) >= 11 is 0. The quantitative estimate of drug-likeness (QED) is 0.917. The summed E-state index contributed by atoms with van der Waals surface area (Å²) in [5, 5.41) is 3.17. The largest absolute Gasteiger partial charge is 0.349 e. The van der Waals surface area contributed by atoms with Gasteiger partial charge < -0.3 is 5.32 Å². The van der Waals surface area contributed by atoms with E-state index in [9.17, 15) is 13.2 Å². The lowest BCUT2D eigenvalue weighted by Crippen LogP contribution is -2.39. The Morgan fingerprint density at radius 1 is 1.26 bits per heavy atom. The highest BCUT2D eigenvalue weighted by molar-refractivity contribution is 7.92. The Labute approximate surface area is 138 Å². The van der Waals surface area contributed by atoms with Crippen LogP contribution < -0.4 is 9.62 Å². The molecule has 1 aromatic carbocycles. The van der Waals surface area contributed by atoms with Crippen molar-refractivity contribution in [1.29, 1.82) is 0 Å². The van der Waals surface area contributed by atoms with Crippen LogP contribution in [0.15, 0.2) is 18.2 Å². The van der Waals surface area contributed by atoms with Gasteiger partial charge in [0.2, 0.25) is 10.0 Å². The van der Waals surface area contributed by atoms with Crippen LogP contribution in [0.5, 0.6) is 0 Å². The van der Waals surface area contributed by atoms with E-state index in [1.807, 2.05) is 0 Å². The Bertz CT molecular complexity index is 729. The number of anilines is 1. The summed E-state index contributed by atoms with van der Waals surface area (Å²) in [6.07, 6.45) is 5.99. The topological polar surface area (TPSA) is 66.5 Å². The van der Waals surface area contributed by atoms with Crippen molar-refractivity contribution in [3.05, 3.63) is 29.3 Å². The third-order valence-corrected chi connectivity index (χ3v) is 6.63. The van der Waals surface area contributed by atoms with Crippen LogP contribution in [-0.2, 0) is 10.0 Å². The molecule has 3 atom stereocenters. The van der Waals surface area contributed by atoms with Gasteiger partial charge in [-0.3, -0.25) is 9.10 Å². The maximum atomic E-state index is 12.6. The zero-order valence-electron chi connectivity index (χ0n) is 13.9. The molecule has 0 aliphatic heterocycles. The van der Waals surface area contributed by atoms with Crippen molar-refractivity contribution in [3.63, 3.8) is 0 Å². The lowest BCUT2D eigenvalue weighted by molar-refractivity contribution is 0.0922. The van der Waals surface area contributed by atoms with Crippen molar-refractivity contribution in [2.45, 2.75) is 38.6 Å². The van der Waals surface area contributed by atoms with Crippen LogP contribution in [0.1, 0.15) is 41.6 Å². The molecule has 0 unspecified atom stereocenters. The van der Waals surface area contributed by atoms with Gasteiger partial charge in [0, 0.05) is 18.7 Å². The monoisotopic (exact) mass is 336 g/mol.